The average molecular weight is 445 g/mol. The molecule has 0 aliphatic carbocycles. The van der Waals surface area contributed by atoms with Crippen LogP contribution in [-0.4, -0.2) is 83.7 Å². The number of ether oxygens (including phenoxy) is 1. The van der Waals surface area contributed by atoms with Gasteiger partial charge in [0.25, 0.3) is 5.91 Å². The summed E-state index contributed by atoms with van der Waals surface area (Å²) in [6.07, 6.45) is 1.69. The van der Waals surface area contributed by atoms with Gasteiger partial charge in [0.05, 0.1) is 6.61 Å². The molecule has 8 nitrogen and oxygen atoms in total. The van der Waals surface area contributed by atoms with Crippen LogP contribution in [0.15, 0.2) is 24.5 Å². The lowest BCUT2D eigenvalue weighted by Crippen LogP contribution is -2.52. The summed E-state index contributed by atoms with van der Waals surface area (Å²) in [6.45, 7) is 3.55. The van der Waals surface area contributed by atoms with E-state index in [1.54, 1.807) is 31.6 Å². The van der Waals surface area contributed by atoms with Gasteiger partial charge in [-0.2, -0.15) is 13.2 Å². The van der Waals surface area contributed by atoms with Crippen molar-refractivity contribution >= 4 is 17.8 Å². The number of carboxylic acid groups (broad SMARTS) is 1. The van der Waals surface area contributed by atoms with Crippen LogP contribution >= 0.6 is 0 Å². The number of pyridine rings is 1. The first kappa shape index (κ1) is 24.6. The molecule has 11 heteroatoms. The summed E-state index contributed by atoms with van der Waals surface area (Å²) in [7, 11) is 1.66. The molecule has 3 heterocycles. The second-order valence-electron chi connectivity index (χ2n) is 7.64. The van der Waals surface area contributed by atoms with Gasteiger partial charge in [0, 0.05) is 57.7 Å². The first-order valence-corrected chi connectivity index (χ1v) is 9.84. The first-order chi connectivity index (χ1) is 14.6. The number of methoxy groups -OCH3 is 1. The van der Waals surface area contributed by atoms with E-state index in [9.17, 15) is 22.8 Å². The fraction of sp³-hybridized carbons (Fsp3) is 0.600. The number of hydrogen-bond acceptors (Lipinski definition) is 5. The summed E-state index contributed by atoms with van der Waals surface area (Å²) in [6, 6.07) is 3.52. The van der Waals surface area contributed by atoms with Crippen LogP contribution in [0.5, 0.6) is 0 Å². The highest BCUT2D eigenvalue weighted by Gasteiger charge is 2.41. The molecule has 1 aromatic rings. The van der Waals surface area contributed by atoms with Crippen LogP contribution in [0.3, 0.4) is 0 Å². The smallest absolute Gasteiger partial charge is 0.475 e. The molecule has 1 aromatic heterocycles. The maximum Gasteiger partial charge on any atom is 0.490 e. The number of aliphatic carboxylic acids is 1. The average Bonchev–Trinajstić information content (AvgIpc) is 2.75. The molecule has 2 saturated heterocycles. The number of amides is 2. The molecule has 172 valence electrons. The van der Waals surface area contributed by atoms with Crippen molar-refractivity contribution in [3.63, 3.8) is 0 Å². The van der Waals surface area contributed by atoms with E-state index in [1.165, 1.54) is 0 Å². The maximum absolute atomic E-state index is 12.5. The van der Waals surface area contributed by atoms with Crippen LogP contribution < -0.4 is 0 Å². The van der Waals surface area contributed by atoms with E-state index in [0.29, 0.717) is 25.1 Å². The van der Waals surface area contributed by atoms with Crippen LogP contribution in [0.2, 0.25) is 0 Å². The molecule has 1 spiro atoms. The Balaban J connectivity index is 0.000000423. The predicted molar refractivity (Wildman–Crippen MR) is 103 cm³/mol. The zero-order valence-corrected chi connectivity index (χ0v) is 17.2. The number of carboxylic acids is 1. The van der Waals surface area contributed by atoms with Crippen LogP contribution in [0.4, 0.5) is 13.2 Å². The van der Waals surface area contributed by atoms with Gasteiger partial charge in [0.2, 0.25) is 5.91 Å². The van der Waals surface area contributed by atoms with Gasteiger partial charge in [-0.3, -0.25) is 14.6 Å². The number of likely N-dealkylation sites (tertiary alicyclic amines) is 2. The van der Waals surface area contributed by atoms with Crippen molar-refractivity contribution in [3.05, 3.63) is 30.1 Å². The quantitative estimate of drug-likeness (QED) is 0.763. The van der Waals surface area contributed by atoms with Crippen molar-refractivity contribution in [2.45, 2.75) is 31.9 Å². The SMILES string of the molecule is COCCN1CC2(CCC1=O)CCN(C(=O)c1ccncc1)CC2.O=C(O)C(F)(F)F. The topological polar surface area (TPSA) is 100 Å². The van der Waals surface area contributed by atoms with E-state index < -0.39 is 12.1 Å². The third-order valence-electron chi connectivity index (χ3n) is 5.59. The van der Waals surface area contributed by atoms with Crippen LogP contribution in [0.1, 0.15) is 36.0 Å². The molecule has 1 N–H and O–H groups in total. The third-order valence-corrected chi connectivity index (χ3v) is 5.59. The Hall–Kier alpha value is -2.69. The summed E-state index contributed by atoms with van der Waals surface area (Å²) in [4.78, 5) is 41.4. The van der Waals surface area contributed by atoms with Gasteiger partial charge in [0.1, 0.15) is 0 Å². The normalized spacial score (nSPS) is 18.4. The summed E-state index contributed by atoms with van der Waals surface area (Å²) >= 11 is 0. The number of carbonyl (C=O) groups is 3. The minimum atomic E-state index is -5.08. The minimum Gasteiger partial charge on any atom is -0.475 e. The lowest BCUT2D eigenvalue weighted by Gasteiger charge is -2.47. The molecule has 31 heavy (non-hydrogen) atoms. The van der Waals surface area contributed by atoms with Crippen LogP contribution in [0, 0.1) is 5.41 Å². The molecule has 0 bridgehead atoms. The monoisotopic (exact) mass is 445 g/mol. The number of nitrogens with zero attached hydrogens (tertiary/aromatic N) is 3. The molecule has 0 atom stereocenters. The lowest BCUT2D eigenvalue weighted by molar-refractivity contribution is -0.192. The summed E-state index contributed by atoms with van der Waals surface area (Å²) in [5.74, 6) is -2.45. The summed E-state index contributed by atoms with van der Waals surface area (Å²) in [5.41, 5.74) is 0.859. The Morgan fingerprint density at radius 1 is 1.19 bits per heavy atom. The molecule has 2 aliphatic heterocycles. The highest BCUT2D eigenvalue weighted by molar-refractivity contribution is 5.94. The summed E-state index contributed by atoms with van der Waals surface area (Å²) in [5, 5.41) is 7.12. The van der Waals surface area contributed by atoms with Crippen molar-refractivity contribution < 1.29 is 37.4 Å². The summed E-state index contributed by atoms with van der Waals surface area (Å²) < 4.78 is 36.9. The van der Waals surface area contributed by atoms with E-state index in [0.717, 1.165) is 38.9 Å². The van der Waals surface area contributed by atoms with Crippen molar-refractivity contribution in [1.82, 2.24) is 14.8 Å². The predicted octanol–water partition coefficient (Wildman–Crippen LogP) is 2.21. The highest BCUT2D eigenvalue weighted by atomic mass is 19.4. The van der Waals surface area contributed by atoms with Gasteiger partial charge in [-0.1, -0.05) is 0 Å². The fourth-order valence-electron chi connectivity index (χ4n) is 3.78. The third kappa shape index (κ3) is 6.91. The lowest BCUT2D eigenvalue weighted by atomic mass is 9.72. The Morgan fingerprint density at radius 3 is 2.29 bits per heavy atom. The number of hydrogen-bond donors (Lipinski definition) is 1. The molecule has 0 aromatic carbocycles. The van der Waals surface area contributed by atoms with E-state index >= 15 is 0 Å². The van der Waals surface area contributed by atoms with Crippen LogP contribution in [0.25, 0.3) is 0 Å². The molecular weight excluding hydrogens is 419 g/mol. The van der Waals surface area contributed by atoms with Crippen molar-refractivity contribution in [1.29, 1.82) is 0 Å². The number of halogens is 3. The zero-order chi connectivity index (χ0) is 23.1. The molecule has 0 radical (unpaired) electrons. The number of aromatic nitrogens is 1. The van der Waals surface area contributed by atoms with Gasteiger partial charge in [-0.05, 0) is 36.8 Å². The number of alkyl halides is 3. The van der Waals surface area contributed by atoms with Gasteiger partial charge in [-0.15, -0.1) is 0 Å². The molecular formula is C20H26F3N3O5. The standard InChI is InChI=1S/C18H25N3O3.C2HF3O2/c1-24-13-12-21-14-18(5-2-16(21)22)6-10-20(11-7-18)17(23)15-3-8-19-9-4-15;3-2(4,5)1(6)7/h3-4,8-9H,2,5-7,10-14H2,1H3;(H,6,7). The molecule has 2 aliphatic rings. The number of carbonyl (C=O) groups excluding carboxylic acids is 2. The van der Waals surface area contributed by atoms with Crippen molar-refractivity contribution in [2.75, 3.05) is 39.9 Å². The highest BCUT2D eigenvalue weighted by Crippen LogP contribution is 2.40. The van der Waals surface area contributed by atoms with E-state index in [-0.39, 0.29) is 17.2 Å². The van der Waals surface area contributed by atoms with Crippen molar-refractivity contribution in [2.24, 2.45) is 5.41 Å². The molecule has 2 fully saturated rings. The van der Waals surface area contributed by atoms with Crippen LogP contribution in [-0.2, 0) is 14.3 Å². The molecule has 2 amide bonds. The Kier molecular flexibility index (Phi) is 8.37. The van der Waals surface area contributed by atoms with Gasteiger partial charge < -0.3 is 19.6 Å². The zero-order valence-electron chi connectivity index (χ0n) is 17.2. The number of rotatable bonds is 4. The van der Waals surface area contributed by atoms with Gasteiger partial charge in [-0.25, -0.2) is 4.79 Å². The first-order valence-electron chi connectivity index (χ1n) is 9.84. The second-order valence-corrected chi connectivity index (χ2v) is 7.64. The Labute approximate surface area is 178 Å². The Morgan fingerprint density at radius 2 is 1.77 bits per heavy atom. The fourth-order valence-corrected chi connectivity index (χ4v) is 3.78. The minimum absolute atomic E-state index is 0.0791. The number of piperidine rings is 2. The Bertz CT molecular complexity index is 765. The van der Waals surface area contributed by atoms with E-state index in [2.05, 4.69) is 4.98 Å². The largest absolute Gasteiger partial charge is 0.490 e. The van der Waals surface area contributed by atoms with E-state index in [4.69, 9.17) is 14.6 Å². The van der Waals surface area contributed by atoms with Gasteiger partial charge >= 0.3 is 12.1 Å². The molecule has 0 saturated carbocycles. The van der Waals surface area contributed by atoms with Crippen molar-refractivity contribution in [3.8, 4) is 0 Å². The van der Waals surface area contributed by atoms with Gasteiger partial charge in [0.15, 0.2) is 0 Å². The molecule has 0 unspecified atom stereocenters. The maximum atomic E-state index is 12.5. The molecule has 3 rings (SSSR count). The van der Waals surface area contributed by atoms with E-state index in [1.807, 2.05) is 9.80 Å². The second kappa shape index (κ2) is 10.6.